The lowest BCUT2D eigenvalue weighted by Crippen LogP contribution is -2.16. The Morgan fingerprint density at radius 2 is 1.96 bits per heavy atom. The fourth-order valence-electron chi connectivity index (χ4n) is 2.46. The quantitative estimate of drug-likeness (QED) is 0.362. The number of amides is 1. The van der Waals surface area contributed by atoms with Crippen molar-refractivity contribution < 1.29 is 19.2 Å². The van der Waals surface area contributed by atoms with Gasteiger partial charge in [0.2, 0.25) is 0 Å². The molecule has 0 fully saturated rings. The SMILES string of the molecule is CCOC(=O)c1c(-c2cccs2)csc1NC(=O)c1ccccc1[N+](=O)[O-]. The van der Waals surface area contributed by atoms with Crippen LogP contribution in [0.5, 0.6) is 0 Å². The van der Waals surface area contributed by atoms with E-state index in [9.17, 15) is 19.7 Å². The van der Waals surface area contributed by atoms with E-state index in [0.717, 1.165) is 4.88 Å². The highest BCUT2D eigenvalue weighted by Gasteiger charge is 2.25. The first-order valence-corrected chi connectivity index (χ1v) is 9.66. The number of para-hydroxylation sites is 1. The highest BCUT2D eigenvalue weighted by molar-refractivity contribution is 7.17. The number of benzene rings is 1. The van der Waals surface area contributed by atoms with Gasteiger partial charge in [-0.15, -0.1) is 22.7 Å². The van der Waals surface area contributed by atoms with Gasteiger partial charge in [0.15, 0.2) is 0 Å². The summed E-state index contributed by atoms with van der Waals surface area (Å²) in [6, 6.07) is 9.37. The van der Waals surface area contributed by atoms with Crippen LogP contribution in [0.4, 0.5) is 10.7 Å². The van der Waals surface area contributed by atoms with E-state index >= 15 is 0 Å². The molecule has 1 N–H and O–H groups in total. The van der Waals surface area contributed by atoms with Gasteiger partial charge in [0.25, 0.3) is 11.6 Å². The van der Waals surface area contributed by atoms with E-state index < -0.39 is 16.8 Å². The first kappa shape index (κ1) is 18.7. The first-order valence-electron chi connectivity index (χ1n) is 7.90. The van der Waals surface area contributed by atoms with Crippen LogP contribution in [0, 0.1) is 10.1 Å². The highest BCUT2D eigenvalue weighted by Crippen LogP contribution is 2.38. The summed E-state index contributed by atoms with van der Waals surface area (Å²) in [5, 5.41) is 17.7. The molecular weight excluding hydrogens is 388 g/mol. The molecule has 3 aromatic rings. The molecule has 0 atom stereocenters. The lowest BCUT2D eigenvalue weighted by Gasteiger charge is -2.08. The molecule has 27 heavy (non-hydrogen) atoms. The standard InChI is InChI=1S/C18H14N2O5S2/c1-2-25-18(22)15-12(14-8-5-9-26-14)10-27-17(15)19-16(21)11-6-3-4-7-13(11)20(23)24/h3-10H,2H2,1H3,(H,19,21). The second kappa shape index (κ2) is 8.11. The average Bonchev–Trinajstić information content (AvgIpc) is 3.31. The molecule has 2 heterocycles. The summed E-state index contributed by atoms with van der Waals surface area (Å²) < 4.78 is 5.13. The van der Waals surface area contributed by atoms with Crippen LogP contribution in [0.15, 0.2) is 47.2 Å². The molecule has 2 aromatic heterocycles. The summed E-state index contributed by atoms with van der Waals surface area (Å²) >= 11 is 2.63. The highest BCUT2D eigenvalue weighted by atomic mass is 32.1. The third-order valence-corrected chi connectivity index (χ3v) is 5.43. The fraction of sp³-hybridized carbons (Fsp3) is 0.111. The second-order valence-electron chi connectivity index (χ2n) is 5.28. The number of hydrogen-bond acceptors (Lipinski definition) is 7. The van der Waals surface area contributed by atoms with Gasteiger partial charge in [0.05, 0.1) is 11.5 Å². The van der Waals surface area contributed by atoms with Gasteiger partial charge in [-0.3, -0.25) is 14.9 Å². The Morgan fingerprint density at radius 3 is 2.63 bits per heavy atom. The number of ether oxygens (including phenoxy) is 1. The Bertz CT molecular complexity index is 995. The summed E-state index contributed by atoms with van der Waals surface area (Å²) in [5.74, 6) is -1.22. The molecule has 1 aromatic carbocycles. The van der Waals surface area contributed by atoms with E-state index in [-0.39, 0.29) is 23.4 Å². The number of carbonyl (C=O) groups excluding carboxylic acids is 2. The monoisotopic (exact) mass is 402 g/mol. The Hall–Kier alpha value is -3.04. The Morgan fingerprint density at radius 1 is 1.19 bits per heavy atom. The number of anilines is 1. The maximum Gasteiger partial charge on any atom is 0.341 e. The number of thiophene rings is 2. The number of nitro benzene ring substituents is 1. The zero-order chi connectivity index (χ0) is 19.4. The normalized spacial score (nSPS) is 10.4. The number of hydrogen-bond donors (Lipinski definition) is 1. The van der Waals surface area contributed by atoms with Crippen molar-refractivity contribution in [1.82, 2.24) is 0 Å². The number of carbonyl (C=O) groups is 2. The average molecular weight is 402 g/mol. The van der Waals surface area contributed by atoms with Crippen molar-refractivity contribution >= 4 is 45.2 Å². The molecule has 9 heteroatoms. The van der Waals surface area contributed by atoms with Crippen molar-refractivity contribution in [2.75, 3.05) is 11.9 Å². The molecule has 0 spiro atoms. The minimum absolute atomic E-state index is 0.0802. The van der Waals surface area contributed by atoms with Crippen LogP contribution in [0.3, 0.4) is 0 Å². The van der Waals surface area contributed by atoms with Crippen LogP contribution in [-0.2, 0) is 4.74 Å². The van der Waals surface area contributed by atoms with Gasteiger partial charge >= 0.3 is 5.97 Å². The number of esters is 1. The molecule has 3 rings (SSSR count). The van der Waals surface area contributed by atoms with E-state index in [2.05, 4.69) is 5.32 Å². The van der Waals surface area contributed by atoms with E-state index in [0.29, 0.717) is 10.6 Å². The molecule has 0 saturated heterocycles. The Balaban J connectivity index is 1.99. The van der Waals surface area contributed by atoms with Crippen molar-refractivity contribution in [3.05, 3.63) is 68.4 Å². The number of nitrogens with one attached hydrogen (secondary N) is 1. The molecule has 0 aliphatic heterocycles. The van der Waals surface area contributed by atoms with Crippen molar-refractivity contribution in [3.63, 3.8) is 0 Å². The van der Waals surface area contributed by atoms with Crippen molar-refractivity contribution in [1.29, 1.82) is 0 Å². The first-order chi connectivity index (χ1) is 13.0. The van der Waals surface area contributed by atoms with Crippen molar-refractivity contribution in [2.45, 2.75) is 6.92 Å². The predicted octanol–water partition coefficient (Wildman–Crippen LogP) is 4.81. The van der Waals surface area contributed by atoms with Crippen molar-refractivity contribution in [2.24, 2.45) is 0 Å². The maximum absolute atomic E-state index is 12.6. The van der Waals surface area contributed by atoms with Gasteiger partial charge in [-0.25, -0.2) is 4.79 Å². The topological polar surface area (TPSA) is 98.5 Å². The second-order valence-corrected chi connectivity index (χ2v) is 7.11. The minimum Gasteiger partial charge on any atom is -0.462 e. The summed E-state index contributed by atoms with van der Waals surface area (Å²) in [7, 11) is 0. The van der Waals surface area contributed by atoms with Gasteiger partial charge in [0, 0.05) is 21.9 Å². The zero-order valence-electron chi connectivity index (χ0n) is 14.1. The molecule has 0 bridgehead atoms. The Labute approximate surface area is 162 Å². The molecule has 0 radical (unpaired) electrons. The van der Waals surface area contributed by atoms with Crippen LogP contribution < -0.4 is 5.32 Å². The lowest BCUT2D eigenvalue weighted by molar-refractivity contribution is -0.385. The molecule has 0 aliphatic rings. The minimum atomic E-state index is -0.660. The smallest absolute Gasteiger partial charge is 0.341 e. The largest absolute Gasteiger partial charge is 0.462 e. The zero-order valence-corrected chi connectivity index (χ0v) is 15.8. The third-order valence-electron chi connectivity index (χ3n) is 3.63. The van der Waals surface area contributed by atoms with E-state index in [1.165, 1.54) is 40.9 Å². The van der Waals surface area contributed by atoms with Gasteiger partial charge in [-0.2, -0.15) is 0 Å². The van der Waals surface area contributed by atoms with Gasteiger partial charge in [-0.05, 0) is 24.4 Å². The van der Waals surface area contributed by atoms with Gasteiger partial charge in [0.1, 0.15) is 16.1 Å². The van der Waals surface area contributed by atoms with Crippen LogP contribution in [0.2, 0.25) is 0 Å². The summed E-state index contributed by atoms with van der Waals surface area (Å²) in [6.45, 7) is 1.89. The molecule has 0 unspecified atom stereocenters. The summed E-state index contributed by atoms with van der Waals surface area (Å²) in [4.78, 5) is 36.5. The van der Waals surface area contributed by atoms with Crippen molar-refractivity contribution in [3.8, 4) is 10.4 Å². The lowest BCUT2D eigenvalue weighted by atomic mass is 10.1. The molecule has 1 amide bonds. The van der Waals surface area contributed by atoms with Gasteiger partial charge < -0.3 is 10.1 Å². The molecule has 0 aliphatic carbocycles. The van der Waals surface area contributed by atoms with Crippen LogP contribution in [0.1, 0.15) is 27.6 Å². The number of rotatable bonds is 6. The van der Waals surface area contributed by atoms with E-state index in [1.807, 2.05) is 17.5 Å². The third kappa shape index (κ3) is 3.88. The maximum atomic E-state index is 12.6. The van der Waals surface area contributed by atoms with E-state index in [1.54, 1.807) is 18.4 Å². The fourth-order valence-corrected chi connectivity index (χ4v) is 4.23. The number of nitro groups is 1. The van der Waals surface area contributed by atoms with E-state index in [4.69, 9.17) is 4.74 Å². The summed E-state index contributed by atoms with van der Waals surface area (Å²) in [6.07, 6.45) is 0. The molecule has 138 valence electrons. The van der Waals surface area contributed by atoms with Crippen LogP contribution in [0.25, 0.3) is 10.4 Å². The van der Waals surface area contributed by atoms with Crippen LogP contribution >= 0.6 is 22.7 Å². The molecule has 0 saturated carbocycles. The molecular formula is C18H14N2O5S2. The molecule has 7 nitrogen and oxygen atoms in total. The Kier molecular flexibility index (Phi) is 5.63. The van der Waals surface area contributed by atoms with Gasteiger partial charge in [-0.1, -0.05) is 18.2 Å². The number of nitrogens with zero attached hydrogens (tertiary/aromatic N) is 1. The van der Waals surface area contributed by atoms with Crippen LogP contribution in [-0.4, -0.2) is 23.4 Å². The summed E-state index contributed by atoms with van der Waals surface area (Å²) in [5.41, 5.74) is 0.522. The predicted molar refractivity (Wildman–Crippen MR) is 105 cm³/mol.